The average molecular weight is 251 g/mol. The van der Waals surface area contributed by atoms with Crippen LogP contribution in [-0.4, -0.2) is 28.9 Å². The van der Waals surface area contributed by atoms with Crippen LogP contribution in [0, 0.1) is 0 Å². The summed E-state index contributed by atoms with van der Waals surface area (Å²) < 4.78 is 27.8. The Morgan fingerprint density at radius 3 is 2.87 bits per heavy atom. The third-order valence-electron chi connectivity index (χ3n) is 1.51. The first-order valence-electron chi connectivity index (χ1n) is 3.74. The van der Waals surface area contributed by atoms with Crippen molar-refractivity contribution < 1.29 is 22.6 Å². The summed E-state index contributed by atoms with van der Waals surface area (Å²) in [5.41, 5.74) is 0.503. The molecule has 1 N–H and O–H groups in total. The molecule has 0 bridgehead atoms. The Balaban J connectivity index is 2.75. The molecule has 6 nitrogen and oxygen atoms in total. The van der Waals surface area contributed by atoms with Crippen molar-refractivity contribution in [3.05, 3.63) is 16.3 Å². The number of anilines is 1. The van der Waals surface area contributed by atoms with Crippen LogP contribution in [0.5, 0.6) is 0 Å². The number of hydrogen-bond donors (Lipinski definition) is 1. The fraction of sp³-hybridized carbons (Fsp3) is 0.286. The summed E-state index contributed by atoms with van der Waals surface area (Å²) in [5, 5.41) is 2.71. The Labute approximate surface area is 92.9 Å². The lowest BCUT2D eigenvalue weighted by Crippen LogP contribution is -2.18. The Morgan fingerprint density at radius 1 is 1.67 bits per heavy atom. The largest absolute Gasteiger partial charge is 0.465 e. The lowest BCUT2D eigenvalue weighted by atomic mass is 10.4. The molecule has 0 aliphatic carbocycles. The number of ether oxygens (including phenoxy) is 1. The van der Waals surface area contributed by atoms with E-state index in [2.05, 4.69) is 9.02 Å². The highest BCUT2D eigenvalue weighted by molar-refractivity contribution is 7.74. The maximum atomic E-state index is 11.1. The quantitative estimate of drug-likeness (QED) is 0.489. The van der Waals surface area contributed by atoms with Crippen LogP contribution >= 0.6 is 11.3 Å². The smallest absolute Gasteiger partial charge is 0.348 e. The van der Waals surface area contributed by atoms with Crippen molar-refractivity contribution in [1.82, 2.24) is 0 Å². The number of rotatable bonds is 4. The molecule has 1 atom stereocenters. The SMILES string of the molecule is COC(=O)c1cc(N(C)OS(=O)O)cs1. The van der Waals surface area contributed by atoms with Gasteiger partial charge in [0.1, 0.15) is 4.88 Å². The van der Waals surface area contributed by atoms with Crippen molar-refractivity contribution in [2.45, 2.75) is 0 Å². The van der Waals surface area contributed by atoms with Gasteiger partial charge in [0.15, 0.2) is 0 Å². The summed E-state index contributed by atoms with van der Waals surface area (Å²) >= 11 is -1.22. The second-order valence-corrected chi connectivity index (χ2v) is 3.94. The number of thiophene rings is 1. The van der Waals surface area contributed by atoms with Gasteiger partial charge in [0, 0.05) is 12.4 Å². The second-order valence-electron chi connectivity index (χ2n) is 2.45. The first kappa shape index (κ1) is 12.1. The zero-order valence-corrected chi connectivity index (χ0v) is 9.63. The number of carbonyl (C=O) groups is 1. The molecule has 1 heterocycles. The minimum atomic E-state index is -2.39. The van der Waals surface area contributed by atoms with Gasteiger partial charge in [-0.25, -0.2) is 9.86 Å². The Kier molecular flexibility index (Phi) is 4.21. The maximum Gasteiger partial charge on any atom is 0.348 e. The molecule has 8 heteroatoms. The average Bonchev–Trinajstić information content (AvgIpc) is 2.64. The number of methoxy groups -OCH3 is 1. The molecule has 84 valence electrons. The number of hydrogen-bond acceptors (Lipinski definition) is 6. The number of esters is 1. The van der Waals surface area contributed by atoms with Crippen LogP contribution in [0.25, 0.3) is 0 Å². The monoisotopic (exact) mass is 251 g/mol. The van der Waals surface area contributed by atoms with Crippen LogP contribution in [0.2, 0.25) is 0 Å². The number of hydroxylamine groups is 1. The predicted molar refractivity (Wildman–Crippen MR) is 55.9 cm³/mol. The van der Waals surface area contributed by atoms with Gasteiger partial charge in [-0.05, 0) is 6.07 Å². The summed E-state index contributed by atoms with van der Waals surface area (Å²) in [6, 6.07) is 1.50. The highest BCUT2D eigenvalue weighted by Gasteiger charge is 2.12. The lowest BCUT2D eigenvalue weighted by molar-refractivity contribution is 0.0606. The highest BCUT2D eigenvalue weighted by atomic mass is 32.2. The molecule has 0 saturated carbocycles. The van der Waals surface area contributed by atoms with E-state index in [0.29, 0.717) is 10.6 Å². The van der Waals surface area contributed by atoms with E-state index in [0.717, 1.165) is 16.4 Å². The van der Waals surface area contributed by atoms with Gasteiger partial charge < -0.3 is 4.74 Å². The van der Waals surface area contributed by atoms with Gasteiger partial charge >= 0.3 is 17.3 Å². The molecule has 1 aromatic rings. The molecule has 0 saturated heterocycles. The lowest BCUT2D eigenvalue weighted by Gasteiger charge is -2.12. The zero-order valence-electron chi connectivity index (χ0n) is 8.00. The fourth-order valence-electron chi connectivity index (χ4n) is 0.838. The van der Waals surface area contributed by atoms with Gasteiger partial charge in [-0.1, -0.05) is 0 Å². The summed E-state index contributed by atoms with van der Waals surface area (Å²) in [6.07, 6.45) is 0. The van der Waals surface area contributed by atoms with E-state index in [4.69, 9.17) is 4.55 Å². The molecular weight excluding hydrogens is 242 g/mol. The molecule has 0 radical (unpaired) electrons. The van der Waals surface area contributed by atoms with Gasteiger partial charge in [-0.2, -0.15) is 4.21 Å². The van der Waals surface area contributed by atoms with E-state index in [1.807, 2.05) is 0 Å². The van der Waals surface area contributed by atoms with Crippen molar-refractivity contribution in [2.24, 2.45) is 0 Å². The fourth-order valence-corrected chi connectivity index (χ4v) is 1.95. The zero-order chi connectivity index (χ0) is 11.4. The molecule has 15 heavy (non-hydrogen) atoms. The van der Waals surface area contributed by atoms with Gasteiger partial charge in [0.05, 0.1) is 12.8 Å². The van der Waals surface area contributed by atoms with Gasteiger partial charge in [-0.3, -0.25) is 4.55 Å². The third kappa shape index (κ3) is 3.27. The summed E-state index contributed by atoms with van der Waals surface area (Å²) in [6.45, 7) is 0. The normalized spacial score (nSPS) is 12.2. The standard InChI is InChI=1S/C7H9NO5S2/c1-8(13-15(10)11)5-3-6(14-4-5)7(9)12-2/h3-4H,1-2H3,(H,10,11). The van der Waals surface area contributed by atoms with Crippen LogP contribution < -0.4 is 5.06 Å². The van der Waals surface area contributed by atoms with Crippen molar-refractivity contribution >= 4 is 34.4 Å². The van der Waals surface area contributed by atoms with E-state index in [9.17, 15) is 9.00 Å². The minimum absolute atomic E-state index is 0.395. The molecule has 1 rings (SSSR count). The Hall–Kier alpha value is -0.960. The van der Waals surface area contributed by atoms with Gasteiger partial charge in [0.2, 0.25) is 0 Å². The van der Waals surface area contributed by atoms with Crippen molar-refractivity contribution in [2.75, 3.05) is 19.2 Å². The van der Waals surface area contributed by atoms with Crippen LogP contribution in [0.15, 0.2) is 11.4 Å². The van der Waals surface area contributed by atoms with Crippen molar-refractivity contribution in [1.29, 1.82) is 0 Å². The molecule has 1 unspecified atom stereocenters. The summed E-state index contributed by atoms with van der Waals surface area (Å²) in [7, 11) is 2.74. The van der Waals surface area contributed by atoms with Gasteiger partial charge in [-0.15, -0.1) is 15.6 Å². The Morgan fingerprint density at radius 2 is 2.33 bits per heavy atom. The number of carbonyl (C=O) groups excluding carboxylic acids is 1. The highest BCUT2D eigenvalue weighted by Crippen LogP contribution is 2.23. The summed E-state index contributed by atoms with van der Waals surface area (Å²) in [4.78, 5) is 11.5. The van der Waals surface area contributed by atoms with E-state index < -0.39 is 17.3 Å². The van der Waals surface area contributed by atoms with Crippen molar-refractivity contribution in [3.63, 3.8) is 0 Å². The molecule has 0 fully saturated rings. The minimum Gasteiger partial charge on any atom is -0.465 e. The topological polar surface area (TPSA) is 76.1 Å². The molecule has 0 spiro atoms. The second kappa shape index (κ2) is 5.21. The maximum absolute atomic E-state index is 11.1. The van der Waals surface area contributed by atoms with E-state index in [1.54, 1.807) is 5.38 Å². The summed E-state index contributed by atoms with van der Waals surface area (Å²) in [5.74, 6) is -0.454. The third-order valence-corrected chi connectivity index (χ3v) is 2.76. The van der Waals surface area contributed by atoms with Gasteiger partial charge in [0.25, 0.3) is 0 Å². The molecule has 0 aliphatic rings. The molecule has 0 amide bonds. The van der Waals surface area contributed by atoms with Crippen molar-refractivity contribution in [3.8, 4) is 0 Å². The molecule has 0 aliphatic heterocycles. The Bertz CT molecular complexity index is 377. The van der Waals surface area contributed by atoms with E-state index >= 15 is 0 Å². The first-order valence-corrected chi connectivity index (χ1v) is 5.65. The van der Waals surface area contributed by atoms with Crippen LogP contribution in [0.1, 0.15) is 9.67 Å². The van der Waals surface area contributed by atoms with Crippen LogP contribution in [-0.2, 0) is 20.4 Å². The molecular formula is C7H9NO5S2. The van der Waals surface area contributed by atoms with E-state index in [-0.39, 0.29) is 0 Å². The van der Waals surface area contributed by atoms with Crippen LogP contribution in [0.3, 0.4) is 0 Å². The predicted octanol–water partition coefficient (Wildman–Crippen LogP) is 1.04. The first-order chi connectivity index (χ1) is 7.04. The molecule has 0 aromatic carbocycles. The number of nitrogens with zero attached hydrogens (tertiary/aromatic N) is 1. The van der Waals surface area contributed by atoms with Crippen LogP contribution in [0.4, 0.5) is 5.69 Å². The van der Waals surface area contributed by atoms with E-state index in [1.165, 1.54) is 20.2 Å². The molecule has 1 aromatic heterocycles.